The Morgan fingerprint density at radius 2 is 1.87 bits per heavy atom. The summed E-state index contributed by atoms with van der Waals surface area (Å²) in [6, 6.07) is 15.7. The van der Waals surface area contributed by atoms with Gasteiger partial charge in [-0.25, -0.2) is 4.98 Å². The van der Waals surface area contributed by atoms with Crippen LogP contribution < -0.4 is 5.32 Å². The molecule has 4 nitrogen and oxygen atoms in total. The maximum absolute atomic E-state index is 12.3. The van der Waals surface area contributed by atoms with Gasteiger partial charge in [0.05, 0.1) is 17.6 Å². The number of nitrogens with one attached hydrogen (secondary N) is 1. The fraction of sp³-hybridized carbons (Fsp3) is 0.263. The fourth-order valence-corrected chi connectivity index (χ4v) is 2.70. The average Bonchev–Trinajstić information content (AvgIpc) is 2.92. The van der Waals surface area contributed by atoms with Crippen LogP contribution in [0.2, 0.25) is 0 Å². The number of rotatable bonds is 5. The summed E-state index contributed by atoms with van der Waals surface area (Å²) in [6.45, 7) is 5.48. The molecule has 0 radical (unpaired) electrons. The van der Waals surface area contributed by atoms with Gasteiger partial charge in [-0.2, -0.15) is 0 Å². The number of benzene rings is 2. The first-order valence-electron chi connectivity index (χ1n) is 7.98. The molecule has 3 aromatic rings. The standard InChI is InChI=1S/C19H21N3O/c1-3-12-22-17-7-5-4-6-16(17)21-18(22)13-20-19(23)15-10-8-14(2)9-11-15/h4-11H,3,12-13H2,1-2H3,(H,20,23). The molecule has 0 spiro atoms. The van der Waals surface area contributed by atoms with Crippen LogP contribution in [0.25, 0.3) is 11.0 Å². The van der Waals surface area contributed by atoms with Crippen molar-refractivity contribution in [3.8, 4) is 0 Å². The van der Waals surface area contributed by atoms with E-state index in [-0.39, 0.29) is 5.91 Å². The number of fused-ring (bicyclic) bond motifs is 1. The molecule has 0 aliphatic carbocycles. The van der Waals surface area contributed by atoms with Crippen LogP contribution in [0.4, 0.5) is 0 Å². The lowest BCUT2D eigenvalue weighted by molar-refractivity contribution is 0.0949. The molecule has 1 N–H and O–H groups in total. The highest BCUT2D eigenvalue weighted by Crippen LogP contribution is 2.16. The van der Waals surface area contributed by atoms with Crippen LogP contribution in [0.15, 0.2) is 48.5 Å². The van der Waals surface area contributed by atoms with Gasteiger partial charge in [0.15, 0.2) is 0 Å². The van der Waals surface area contributed by atoms with Gasteiger partial charge in [0.25, 0.3) is 5.91 Å². The number of hydrogen-bond acceptors (Lipinski definition) is 2. The van der Waals surface area contributed by atoms with Gasteiger partial charge in [0.1, 0.15) is 5.82 Å². The quantitative estimate of drug-likeness (QED) is 0.781. The normalized spacial score (nSPS) is 10.9. The molecule has 1 aromatic heterocycles. The summed E-state index contributed by atoms with van der Waals surface area (Å²) in [5.74, 6) is 0.827. The third-order valence-electron chi connectivity index (χ3n) is 3.90. The van der Waals surface area contributed by atoms with E-state index >= 15 is 0 Å². The van der Waals surface area contributed by atoms with Crippen molar-refractivity contribution in [1.29, 1.82) is 0 Å². The predicted molar refractivity (Wildman–Crippen MR) is 92.4 cm³/mol. The van der Waals surface area contributed by atoms with Crippen molar-refractivity contribution in [1.82, 2.24) is 14.9 Å². The zero-order valence-electron chi connectivity index (χ0n) is 13.5. The molecule has 0 fully saturated rings. The van der Waals surface area contributed by atoms with Crippen molar-refractivity contribution in [2.24, 2.45) is 0 Å². The molecular weight excluding hydrogens is 286 g/mol. The summed E-state index contributed by atoms with van der Waals surface area (Å²) < 4.78 is 2.19. The monoisotopic (exact) mass is 307 g/mol. The number of carbonyl (C=O) groups excluding carboxylic acids is 1. The summed E-state index contributed by atoms with van der Waals surface area (Å²) in [5, 5.41) is 2.97. The predicted octanol–water partition coefficient (Wildman–Crippen LogP) is 3.68. The van der Waals surface area contributed by atoms with Gasteiger partial charge in [-0.05, 0) is 37.6 Å². The highest BCUT2D eigenvalue weighted by atomic mass is 16.1. The number of imidazole rings is 1. The first-order chi connectivity index (χ1) is 11.2. The molecular formula is C19H21N3O. The highest BCUT2D eigenvalue weighted by Gasteiger charge is 2.11. The second-order valence-corrected chi connectivity index (χ2v) is 5.72. The van der Waals surface area contributed by atoms with Crippen LogP contribution in [0.3, 0.4) is 0 Å². The molecule has 4 heteroatoms. The lowest BCUT2D eigenvalue weighted by atomic mass is 10.1. The van der Waals surface area contributed by atoms with Crippen molar-refractivity contribution in [3.05, 3.63) is 65.5 Å². The van der Waals surface area contributed by atoms with E-state index in [2.05, 4.69) is 27.9 Å². The molecule has 118 valence electrons. The third-order valence-corrected chi connectivity index (χ3v) is 3.90. The first kappa shape index (κ1) is 15.3. The van der Waals surface area contributed by atoms with Crippen LogP contribution in [0, 0.1) is 6.92 Å². The number of nitrogens with zero attached hydrogens (tertiary/aromatic N) is 2. The minimum Gasteiger partial charge on any atom is -0.345 e. The molecule has 3 rings (SSSR count). The summed E-state index contributed by atoms with van der Waals surface area (Å²) in [4.78, 5) is 16.9. The maximum Gasteiger partial charge on any atom is 0.251 e. The Hall–Kier alpha value is -2.62. The van der Waals surface area contributed by atoms with E-state index in [0.29, 0.717) is 12.1 Å². The molecule has 2 aromatic carbocycles. The average molecular weight is 307 g/mol. The zero-order chi connectivity index (χ0) is 16.2. The Morgan fingerprint density at radius 3 is 2.61 bits per heavy atom. The lowest BCUT2D eigenvalue weighted by Crippen LogP contribution is -2.24. The largest absolute Gasteiger partial charge is 0.345 e. The lowest BCUT2D eigenvalue weighted by Gasteiger charge is -2.09. The molecule has 0 unspecified atom stereocenters. The van der Waals surface area contributed by atoms with Crippen molar-refractivity contribution in [3.63, 3.8) is 0 Å². The van der Waals surface area contributed by atoms with Crippen molar-refractivity contribution < 1.29 is 4.79 Å². The van der Waals surface area contributed by atoms with Crippen molar-refractivity contribution in [2.45, 2.75) is 33.4 Å². The Kier molecular flexibility index (Phi) is 4.42. The van der Waals surface area contributed by atoms with E-state index in [1.165, 1.54) is 0 Å². The van der Waals surface area contributed by atoms with Gasteiger partial charge in [0.2, 0.25) is 0 Å². The molecule has 0 saturated heterocycles. The first-order valence-corrected chi connectivity index (χ1v) is 7.98. The topological polar surface area (TPSA) is 46.9 Å². The van der Waals surface area contributed by atoms with E-state index in [0.717, 1.165) is 35.4 Å². The van der Waals surface area contributed by atoms with E-state index in [1.807, 2.05) is 49.4 Å². The Bertz CT molecular complexity index is 818. The Balaban J connectivity index is 1.79. The summed E-state index contributed by atoms with van der Waals surface area (Å²) in [6.07, 6.45) is 1.03. The van der Waals surface area contributed by atoms with E-state index in [4.69, 9.17) is 0 Å². The number of carbonyl (C=O) groups is 1. The van der Waals surface area contributed by atoms with E-state index in [9.17, 15) is 4.79 Å². The number of aryl methyl sites for hydroxylation is 2. The second kappa shape index (κ2) is 6.65. The number of para-hydroxylation sites is 2. The van der Waals surface area contributed by atoms with Gasteiger partial charge < -0.3 is 9.88 Å². The zero-order valence-corrected chi connectivity index (χ0v) is 13.5. The minimum atomic E-state index is -0.0693. The fourth-order valence-electron chi connectivity index (χ4n) is 2.70. The number of hydrogen-bond donors (Lipinski definition) is 1. The number of amides is 1. The van der Waals surface area contributed by atoms with Crippen LogP contribution in [0.5, 0.6) is 0 Å². The smallest absolute Gasteiger partial charge is 0.251 e. The van der Waals surface area contributed by atoms with Gasteiger partial charge >= 0.3 is 0 Å². The van der Waals surface area contributed by atoms with Crippen LogP contribution >= 0.6 is 0 Å². The Labute approximate surface area is 136 Å². The molecule has 23 heavy (non-hydrogen) atoms. The van der Waals surface area contributed by atoms with E-state index in [1.54, 1.807) is 0 Å². The van der Waals surface area contributed by atoms with Crippen LogP contribution in [0.1, 0.15) is 35.1 Å². The van der Waals surface area contributed by atoms with E-state index < -0.39 is 0 Å². The van der Waals surface area contributed by atoms with Gasteiger partial charge in [-0.15, -0.1) is 0 Å². The summed E-state index contributed by atoms with van der Waals surface area (Å²) in [5.41, 5.74) is 3.91. The summed E-state index contributed by atoms with van der Waals surface area (Å²) >= 11 is 0. The molecule has 0 bridgehead atoms. The molecule has 0 aliphatic heterocycles. The minimum absolute atomic E-state index is 0.0693. The van der Waals surface area contributed by atoms with Crippen molar-refractivity contribution >= 4 is 16.9 Å². The molecule has 1 amide bonds. The van der Waals surface area contributed by atoms with Gasteiger partial charge in [0, 0.05) is 12.1 Å². The molecule has 0 aliphatic rings. The third kappa shape index (κ3) is 3.26. The SMILES string of the molecule is CCCn1c(CNC(=O)c2ccc(C)cc2)nc2ccccc21. The Morgan fingerprint density at radius 1 is 1.13 bits per heavy atom. The summed E-state index contributed by atoms with van der Waals surface area (Å²) in [7, 11) is 0. The highest BCUT2D eigenvalue weighted by molar-refractivity contribution is 5.94. The molecule has 0 saturated carbocycles. The van der Waals surface area contributed by atoms with Gasteiger partial charge in [-0.1, -0.05) is 36.8 Å². The van der Waals surface area contributed by atoms with Crippen LogP contribution in [-0.4, -0.2) is 15.5 Å². The van der Waals surface area contributed by atoms with Crippen LogP contribution in [-0.2, 0) is 13.1 Å². The number of aromatic nitrogens is 2. The molecule has 0 atom stereocenters. The van der Waals surface area contributed by atoms with Crippen molar-refractivity contribution in [2.75, 3.05) is 0 Å². The maximum atomic E-state index is 12.3. The molecule has 1 heterocycles. The van der Waals surface area contributed by atoms with Gasteiger partial charge in [-0.3, -0.25) is 4.79 Å². The second-order valence-electron chi connectivity index (χ2n) is 5.72.